The summed E-state index contributed by atoms with van der Waals surface area (Å²) in [7, 11) is 0. The molecule has 0 aliphatic heterocycles. The fourth-order valence-corrected chi connectivity index (χ4v) is 1.61. The fourth-order valence-electron chi connectivity index (χ4n) is 1.61. The molecule has 78 valence electrons. The maximum atomic E-state index is 11.0. The predicted molar refractivity (Wildman–Crippen MR) is 57.0 cm³/mol. The van der Waals surface area contributed by atoms with Gasteiger partial charge < -0.3 is 10.1 Å². The molecule has 0 amide bonds. The molecule has 0 bridgehead atoms. The smallest absolute Gasteiger partial charge is 0.325 e. The summed E-state index contributed by atoms with van der Waals surface area (Å²) in [5.74, 6) is -0.124. The number of nitrogens with one attached hydrogen (secondary N) is 2. The summed E-state index contributed by atoms with van der Waals surface area (Å²) in [6.07, 6.45) is 0. The minimum Gasteiger partial charge on any atom is -0.493 e. The number of H-pyrrole nitrogens is 2. The van der Waals surface area contributed by atoms with Gasteiger partial charge in [-0.25, -0.2) is 4.79 Å². The van der Waals surface area contributed by atoms with Crippen molar-refractivity contribution in [3.05, 3.63) is 52.1 Å². The van der Waals surface area contributed by atoms with E-state index in [0.717, 1.165) is 5.56 Å². The van der Waals surface area contributed by atoms with Gasteiger partial charge in [0.25, 0.3) is 0 Å². The van der Waals surface area contributed by atoms with Crippen LogP contribution in [0, 0.1) is 0 Å². The highest BCUT2D eigenvalue weighted by Gasteiger charge is 2.15. The van der Waals surface area contributed by atoms with Gasteiger partial charge in [-0.05, 0) is 5.56 Å². The average Bonchev–Trinajstić information content (AvgIpc) is 2.58. The molecule has 2 rings (SSSR count). The highest BCUT2D eigenvalue weighted by Crippen LogP contribution is 2.26. The minimum atomic E-state index is -0.384. The van der Waals surface area contributed by atoms with Gasteiger partial charge in [0.15, 0.2) is 0 Å². The van der Waals surface area contributed by atoms with Crippen LogP contribution in [0.2, 0.25) is 0 Å². The van der Waals surface area contributed by atoms with E-state index in [9.17, 15) is 9.90 Å². The van der Waals surface area contributed by atoms with Gasteiger partial charge in [-0.3, -0.25) is 4.98 Å². The standard InChI is InChI=1S/C11H12N2O2/c1-7(8-5-3-2-4-6-8)9-10(14)13-11(15)12-9/h2-7,14H,1H3,(H2,12,13,15). The van der Waals surface area contributed by atoms with Crippen LogP contribution in [-0.4, -0.2) is 15.1 Å². The zero-order chi connectivity index (χ0) is 10.8. The average molecular weight is 204 g/mol. The summed E-state index contributed by atoms with van der Waals surface area (Å²) in [6.45, 7) is 1.92. The topological polar surface area (TPSA) is 68.9 Å². The van der Waals surface area contributed by atoms with E-state index in [2.05, 4.69) is 9.97 Å². The molecule has 3 N–H and O–H groups in total. The molecule has 0 saturated carbocycles. The predicted octanol–water partition coefficient (Wildman–Crippen LogP) is 1.56. The number of hydrogen-bond acceptors (Lipinski definition) is 2. The molecule has 4 heteroatoms. The monoisotopic (exact) mass is 204 g/mol. The zero-order valence-electron chi connectivity index (χ0n) is 8.32. The number of aromatic amines is 2. The van der Waals surface area contributed by atoms with Gasteiger partial charge in [-0.1, -0.05) is 37.3 Å². The summed E-state index contributed by atoms with van der Waals surface area (Å²) >= 11 is 0. The van der Waals surface area contributed by atoms with E-state index < -0.39 is 0 Å². The first-order chi connectivity index (χ1) is 7.18. The molecule has 1 atom stereocenters. The molecule has 0 fully saturated rings. The van der Waals surface area contributed by atoms with Crippen molar-refractivity contribution >= 4 is 0 Å². The summed E-state index contributed by atoms with van der Waals surface area (Å²) in [5.41, 5.74) is 1.18. The number of aromatic hydroxyl groups is 1. The van der Waals surface area contributed by atoms with E-state index in [1.165, 1.54) is 0 Å². The lowest BCUT2D eigenvalue weighted by atomic mass is 9.98. The molecule has 4 nitrogen and oxygen atoms in total. The quantitative estimate of drug-likeness (QED) is 0.694. The van der Waals surface area contributed by atoms with Gasteiger partial charge in [0, 0.05) is 5.92 Å². The molecule has 2 aromatic rings. The second-order valence-electron chi connectivity index (χ2n) is 3.47. The van der Waals surface area contributed by atoms with Crippen molar-refractivity contribution < 1.29 is 5.11 Å². The van der Waals surface area contributed by atoms with Crippen molar-refractivity contribution in [3.63, 3.8) is 0 Å². The second kappa shape index (κ2) is 3.65. The Morgan fingerprint density at radius 1 is 1.20 bits per heavy atom. The molecule has 1 unspecified atom stereocenters. The van der Waals surface area contributed by atoms with Crippen LogP contribution in [0.4, 0.5) is 0 Å². The third-order valence-electron chi connectivity index (χ3n) is 2.47. The summed E-state index contributed by atoms with van der Waals surface area (Å²) in [5, 5.41) is 9.48. The van der Waals surface area contributed by atoms with Crippen LogP contribution in [0.15, 0.2) is 35.1 Å². The Hall–Kier alpha value is -1.97. The van der Waals surface area contributed by atoms with Crippen molar-refractivity contribution in [1.29, 1.82) is 0 Å². The Morgan fingerprint density at radius 3 is 2.40 bits per heavy atom. The highest BCUT2D eigenvalue weighted by atomic mass is 16.3. The third-order valence-corrected chi connectivity index (χ3v) is 2.47. The van der Waals surface area contributed by atoms with E-state index in [4.69, 9.17) is 0 Å². The minimum absolute atomic E-state index is 0.0369. The largest absolute Gasteiger partial charge is 0.493 e. The molecule has 0 aliphatic rings. The van der Waals surface area contributed by atoms with Gasteiger partial charge in [-0.15, -0.1) is 0 Å². The lowest BCUT2D eigenvalue weighted by molar-refractivity contribution is 0.446. The Bertz CT molecular complexity index is 499. The first-order valence-corrected chi connectivity index (χ1v) is 4.74. The number of imidazole rings is 1. The van der Waals surface area contributed by atoms with Crippen molar-refractivity contribution in [2.75, 3.05) is 0 Å². The summed E-state index contributed by atoms with van der Waals surface area (Å²) in [6, 6.07) is 9.68. The number of rotatable bonds is 2. The Balaban J connectivity index is 2.41. The second-order valence-corrected chi connectivity index (χ2v) is 3.47. The lowest BCUT2D eigenvalue weighted by Gasteiger charge is -2.09. The van der Waals surface area contributed by atoms with Gasteiger partial charge in [0.05, 0.1) is 5.69 Å². The van der Waals surface area contributed by atoms with Crippen LogP contribution in [-0.2, 0) is 0 Å². The van der Waals surface area contributed by atoms with Crippen LogP contribution in [0.3, 0.4) is 0 Å². The highest BCUT2D eigenvalue weighted by molar-refractivity contribution is 5.31. The maximum absolute atomic E-state index is 11.0. The zero-order valence-corrected chi connectivity index (χ0v) is 8.32. The molecule has 0 aliphatic carbocycles. The fraction of sp³-hybridized carbons (Fsp3) is 0.182. The number of benzene rings is 1. The summed E-state index contributed by atoms with van der Waals surface area (Å²) < 4.78 is 0. The molecule has 0 saturated heterocycles. The van der Waals surface area contributed by atoms with E-state index >= 15 is 0 Å². The third kappa shape index (κ3) is 1.79. The normalized spacial score (nSPS) is 12.6. The van der Waals surface area contributed by atoms with Gasteiger partial charge >= 0.3 is 5.69 Å². The Kier molecular flexibility index (Phi) is 2.33. The van der Waals surface area contributed by atoms with Gasteiger partial charge in [0.1, 0.15) is 0 Å². The first-order valence-electron chi connectivity index (χ1n) is 4.74. The molecule has 1 heterocycles. The molecule has 1 aromatic heterocycles. The Morgan fingerprint density at radius 2 is 1.87 bits per heavy atom. The number of hydrogen-bond donors (Lipinski definition) is 3. The molecule has 15 heavy (non-hydrogen) atoms. The van der Waals surface area contributed by atoms with E-state index in [-0.39, 0.29) is 17.5 Å². The first kappa shape index (κ1) is 9.58. The van der Waals surface area contributed by atoms with Crippen LogP contribution >= 0.6 is 0 Å². The summed E-state index contributed by atoms with van der Waals surface area (Å²) in [4.78, 5) is 15.9. The SMILES string of the molecule is CC(c1ccccc1)c1[nH]c(=O)[nH]c1O. The maximum Gasteiger partial charge on any atom is 0.325 e. The van der Waals surface area contributed by atoms with Crippen LogP contribution in [0.25, 0.3) is 0 Å². The van der Waals surface area contributed by atoms with Crippen LogP contribution < -0.4 is 5.69 Å². The molecule has 0 radical (unpaired) electrons. The van der Waals surface area contributed by atoms with Crippen molar-refractivity contribution in [3.8, 4) is 5.88 Å². The molecule has 0 spiro atoms. The van der Waals surface area contributed by atoms with Gasteiger partial charge in [-0.2, -0.15) is 0 Å². The molecule has 1 aromatic carbocycles. The van der Waals surface area contributed by atoms with Crippen molar-refractivity contribution in [1.82, 2.24) is 9.97 Å². The molecular weight excluding hydrogens is 192 g/mol. The van der Waals surface area contributed by atoms with E-state index in [1.807, 2.05) is 37.3 Å². The van der Waals surface area contributed by atoms with Crippen LogP contribution in [0.1, 0.15) is 24.1 Å². The van der Waals surface area contributed by atoms with E-state index in [0.29, 0.717) is 5.69 Å². The Labute approximate surface area is 86.6 Å². The molecular formula is C11H12N2O2. The van der Waals surface area contributed by atoms with Gasteiger partial charge in [0.2, 0.25) is 5.88 Å². The number of aromatic nitrogens is 2. The van der Waals surface area contributed by atoms with Crippen molar-refractivity contribution in [2.45, 2.75) is 12.8 Å². The van der Waals surface area contributed by atoms with Crippen molar-refractivity contribution in [2.24, 2.45) is 0 Å². The van der Waals surface area contributed by atoms with E-state index in [1.54, 1.807) is 0 Å². The van der Waals surface area contributed by atoms with Crippen LogP contribution in [0.5, 0.6) is 5.88 Å². The lowest BCUT2D eigenvalue weighted by Crippen LogP contribution is -2.03.